The number of carbonyl (C=O) groups is 1. The van der Waals surface area contributed by atoms with Crippen molar-refractivity contribution in [3.63, 3.8) is 0 Å². The number of carbonyl (C=O) groups excluding carboxylic acids is 1. The van der Waals surface area contributed by atoms with Crippen LogP contribution in [-0.2, 0) is 17.8 Å². The van der Waals surface area contributed by atoms with Gasteiger partial charge in [0.2, 0.25) is 5.91 Å². The van der Waals surface area contributed by atoms with E-state index in [1.54, 1.807) is 11.3 Å². The van der Waals surface area contributed by atoms with Crippen molar-refractivity contribution in [2.75, 3.05) is 18.4 Å². The topological polar surface area (TPSA) is 52.6 Å². The zero-order valence-electron chi connectivity index (χ0n) is 13.1. The van der Waals surface area contributed by atoms with Crippen LogP contribution in [-0.4, -0.2) is 35.1 Å². The fraction of sp³-hybridized carbons (Fsp3) is 0.389. The minimum atomic E-state index is -0.160. The maximum atomic E-state index is 12.2. The van der Waals surface area contributed by atoms with E-state index in [0.717, 1.165) is 49.3 Å². The second kappa shape index (κ2) is 7.73. The maximum absolute atomic E-state index is 12.2. The van der Waals surface area contributed by atoms with Crippen molar-refractivity contribution in [1.29, 1.82) is 0 Å². The molecule has 2 heterocycles. The van der Waals surface area contributed by atoms with Crippen molar-refractivity contribution < 1.29 is 9.90 Å². The number of amides is 1. The maximum Gasteiger partial charge on any atom is 0.228 e. The Bertz CT molecular complexity index is 634. The lowest BCUT2D eigenvalue weighted by Crippen LogP contribution is -2.35. The molecule has 4 nitrogen and oxygen atoms in total. The summed E-state index contributed by atoms with van der Waals surface area (Å²) in [6.45, 7) is 2.61. The summed E-state index contributed by atoms with van der Waals surface area (Å²) < 4.78 is 0. The second-order valence-electron chi connectivity index (χ2n) is 6.02. The number of para-hydroxylation sites is 1. The molecule has 0 aliphatic carbocycles. The van der Waals surface area contributed by atoms with Gasteiger partial charge in [0.15, 0.2) is 0 Å². The number of nitrogens with one attached hydrogen (secondary N) is 1. The summed E-state index contributed by atoms with van der Waals surface area (Å²) in [7, 11) is 0. The summed E-state index contributed by atoms with van der Waals surface area (Å²) >= 11 is 1.61. The third-order valence-corrected chi connectivity index (χ3v) is 4.92. The molecule has 1 aromatic heterocycles. The molecule has 3 rings (SSSR count). The summed E-state index contributed by atoms with van der Waals surface area (Å²) in [4.78, 5) is 14.5. The van der Waals surface area contributed by atoms with Crippen molar-refractivity contribution in [2.24, 2.45) is 0 Å². The smallest absolute Gasteiger partial charge is 0.228 e. The minimum Gasteiger partial charge on any atom is -0.393 e. The zero-order chi connectivity index (χ0) is 16.1. The van der Waals surface area contributed by atoms with Crippen LogP contribution in [0.4, 0.5) is 5.69 Å². The Morgan fingerprint density at radius 3 is 2.78 bits per heavy atom. The highest BCUT2D eigenvalue weighted by Crippen LogP contribution is 2.20. The van der Waals surface area contributed by atoms with E-state index < -0.39 is 0 Å². The standard InChI is InChI=1S/C18H22N2O2S/c21-16-5-8-20(9-6-16)12-15-3-1-2-4-17(15)19-18(22)11-14-7-10-23-13-14/h1-4,7,10,13,16,21H,5-6,8-9,11-12H2,(H,19,22). The van der Waals surface area contributed by atoms with Crippen LogP contribution >= 0.6 is 11.3 Å². The predicted octanol–water partition coefficient (Wildman–Crippen LogP) is 2.89. The first-order chi connectivity index (χ1) is 11.2. The van der Waals surface area contributed by atoms with Crippen LogP contribution in [0.5, 0.6) is 0 Å². The van der Waals surface area contributed by atoms with E-state index in [-0.39, 0.29) is 12.0 Å². The van der Waals surface area contributed by atoms with Crippen LogP contribution in [0.25, 0.3) is 0 Å². The number of piperidine rings is 1. The van der Waals surface area contributed by atoms with Gasteiger partial charge in [0.1, 0.15) is 0 Å². The fourth-order valence-corrected chi connectivity index (χ4v) is 3.54. The van der Waals surface area contributed by atoms with Gasteiger partial charge >= 0.3 is 0 Å². The molecule has 1 aliphatic heterocycles. The monoisotopic (exact) mass is 330 g/mol. The fourth-order valence-electron chi connectivity index (χ4n) is 2.87. The van der Waals surface area contributed by atoms with Gasteiger partial charge in [-0.1, -0.05) is 18.2 Å². The number of thiophene rings is 1. The molecule has 0 unspecified atom stereocenters. The number of aliphatic hydroxyl groups excluding tert-OH is 1. The summed E-state index contributed by atoms with van der Waals surface area (Å²) in [5.41, 5.74) is 3.07. The molecule has 0 saturated carbocycles. The molecule has 0 radical (unpaired) electrons. The first kappa shape index (κ1) is 16.2. The average molecular weight is 330 g/mol. The van der Waals surface area contributed by atoms with Crippen LogP contribution in [0.2, 0.25) is 0 Å². The number of aliphatic hydroxyl groups is 1. The lowest BCUT2D eigenvalue weighted by molar-refractivity contribution is -0.115. The van der Waals surface area contributed by atoms with Crippen molar-refractivity contribution in [3.05, 3.63) is 52.2 Å². The van der Waals surface area contributed by atoms with Gasteiger partial charge in [-0.25, -0.2) is 0 Å². The van der Waals surface area contributed by atoms with E-state index in [1.807, 2.05) is 35.0 Å². The number of hydrogen-bond acceptors (Lipinski definition) is 4. The van der Waals surface area contributed by atoms with Gasteiger partial charge in [-0.05, 0) is 46.9 Å². The summed E-state index contributed by atoms with van der Waals surface area (Å²) in [5, 5.41) is 16.6. The molecule has 2 aromatic rings. The summed E-state index contributed by atoms with van der Waals surface area (Å²) in [6.07, 6.45) is 1.90. The van der Waals surface area contributed by atoms with Gasteiger partial charge in [0.25, 0.3) is 0 Å². The van der Waals surface area contributed by atoms with Crippen LogP contribution < -0.4 is 5.32 Å². The van der Waals surface area contributed by atoms with E-state index in [9.17, 15) is 9.90 Å². The molecule has 0 spiro atoms. The average Bonchev–Trinajstić information content (AvgIpc) is 3.04. The van der Waals surface area contributed by atoms with Crippen molar-refractivity contribution in [1.82, 2.24) is 4.90 Å². The Morgan fingerprint density at radius 2 is 2.04 bits per heavy atom. The normalized spacial score (nSPS) is 16.4. The quantitative estimate of drug-likeness (QED) is 0.886. The van der Waals surface area contributed by atoms with E-state index in [1.165, 1.54) is 0 Å². The highest BCUT2D eigenvalue weighted by Gasteiger charge is 2.18. The molecular formula is C18H22N2O2S. The number of nitrogens with zero attached hydrogens (tertiary/aromatic N) is 1. The SMILES string of the molecule is O=C(Cc1ccsc1)Nc1ccccc1CN1CCC(O)CC1. The first-order valence-corrected chi connectivity index (χ1v) is 8.94. The zero-order valence-corrected chi connectivity index (χ0v) is 13.9. The third-order valence-electron chi connectivity index (χ3n) is 4.19. The van der Waals surface area contributed by atoms with Crippen molar-refractivity contribution in [3.8, 4) is 0 Å². The van der Waals surface area contributed by atoms with Crippen molar-refractivity contribution in [2.45, 2.75) is 31.9 Å². The molecule has 0 bridgehead atoms. The lowest BCUT2D eigenvalue weighted by atomic mass is 10.1. The Labute approximate surface area is 140 Å². The molecule has 2 N–H and O–H groups in total. The largest absolute Gasteiger partial charge is 0.393 e. The highest BCUT2D eigenvalue weighted by atomic mass is 32.1. The van der Waals surface area contributed by atoms with Crippen LogP contribution in [0, 0.1) is 0 Å². The molecule has 0 atom stereocenters. The number of anilines is 1. The van der Waals surface area contributed by atoms with Crippen LogP contribution in [0.1, 0.15) is 24.0 Å². The lowest BCUT2D eigenvalue weighted by Gasteiger charge is -2.30. The molecule has 5 heteroatoms. The van der Waals surface area contributed by atoms with Gasteiger partial charge in [-0.3, -0.25) is 9.69 Å². The molecule has 1 fully saturated rings. The Hall–Kier alpha value is -1.69. The summed E-state index contributed by atoms with van der Waals surface area (Å²) in [6, 6.07) is 9.95. The third kappa shape index (κ3) is 4.64. The predicted molar refractivity (Wildman–Crippen MR) is 93.6 cm³/mol. The molecular weight excluding hydrogens is 308 g/mol. The number of benzene rings is 1. The van der Waals surface area contributed by atoms with E-state index in [2.05, 4.69) is 16.3 Å². The van der Waals surface area contributed by atoms with Gasteiger partial charge in [-0.15, -0.1) is 0 Å². The van der Waals surface area contributed by atoms with E-state index >= 15 is 0 Å². The highest BCUT2D eigenvalue weighted by molar-refractivity contribution is 7.08. The number of rotatable bonds is 5. The first-order valence-electron chi connectivity index (χ1n) is 8.00. The van der Waals surface area contributed by atoms with Gasteiger partial charge in [-0.2, -0.15) is 11.3 Å². The van der Waals surface area contributed by atoms with Crippen LogP contribution in [0.15, 0.2) is 41.1 Å². The second-order valence-corrected chi connectivity index (χ2v) is 6.80. The van der Waals surface area contributed by atoms with E-state index in [0.29, 0.717) is 6.42 Å². The molecule has 1 amide bonds. The Balaban J connectivity index is 1.62. The van der Waals surface area contributed by atoms with Crippen molar-refractivity contribution >= 4 is 22.9 Å². The summed E-state index contributed by atoms with van der Waals surface area (Å²) in [5.74, 6) is 0.0184. The Morgan fingerprint density at radius 1 is 1.26 bits per heavy atom. The Kier molecular flexibility index (Phi) is 5.43. The molecule has 1 aromatic carbocycles. The van der Waals surface area contributed by atoms with Crippen LogP contribution in [0.3, 0.4) is 0 Å². The molecule has 122 valence electrons. The van der Waals surface area contributed by atoms with Gasteiger partial charge < -0.3 is 10.4 Å². The van der Waals surface area contributed by atoms with Gasteiger partial charge in [0, 0.05) is 25.3 Å². The van der Waals surface area contributed by atoms with Gasteiger partial charge in [0.05, 0.1) is 12.5 Å². The number of hydrogen-bond donors (Lipinski definition) is 2. The molecule has 1 aliphatic rings. The number of likely N-dealkylation sites (tertiary alicyclic amines) is 1. The molecule has 1 saturated heterocycles. The molecule has 23 heavy (non-hydrogen) atoms. The minimum absolute atomic E-state index is 0.0184. The van der Waals surface area contributed by atoms with E-state index in [4.69, 9.17) is 0 Å².